The van der Waals surface area contributed by atoms with Gasteiger partial charge in [0.05, 0.1) is 0 Å². The van der Waals surface area contributed by atoms with Crippen LogP contribution in [0, 0.1) is 0 Å². The van der Waals surface area contributed by atoms with Gasteiger partial charge >= 0.3 is 49.5 Å². The maximum atomic E-state index is 2.24. The van der Waals surface area contributed by atoms with Gasteiger partial charge in [-0.3, -0.25) is 0 Å². The Morgan fingerprint density at radius 2 is 2.20 bits per heavy atom. The van der Waals surface area contributed by atoms with Crippen molar-refractivity contribution in [2.24, 2.45) is 0 Å². The van der Waals surface area contributed by atoms with Crippen molar-refractivity contribution in [2.75, 3.05) is 0 Å². The summed E-state index contributed by atoms with van der Waals surface area (Å²) in [4.78, 5) is 0. The van der Waals surface area contributed by atoms with Crippen molar-refractivity contribution in [3.05, 3.63) is 0 Å². The number of hydrogen-bond donors (Lipinski definition) is 0. The van der Waals surface area contributed by atoms with Crippen molar-refractivity contribution >= 4 is 0 Å². The minimum absolute atomic E-state index is 1.22. The van der Waals surface area contributed by atoms with Crippen molar-refractivity contribution in [3.63, 3.8) is 0 Å². The molecule has 0 radical (unpaired) electrons. The van der Waals surface area contributed by atoms with Gasteiger partial charge < -0.3 is 0 Å². The van der Waals surface area contributed by atoms with E-state index in [1.165, 1.54) is 42.6 Å². The molecule has 0 atom stereocenters. The third kappa shape index (κ3) is 4.92. The Hall–Kier alpha value is 0.922. The maximum absolute atomic E-state index is 2.24. The van der Waals surface area contributed by atoms with Gasteiger partial charge in [-0.2, -0.15) is 0 Å². The minimum atomic E-state index is 1.22. The molecule has 0 rings (SSSR count). The van der Waals surface area contributed by atoms with Gasteiger partial charge in [0.2, 0.25) is 0 Å². The normalized spacial score (nSPS) is 8.60. The van der Waals surface area contributed by atoms with Crippen molar-refractivity contribution in [1.29, 1.82) is 0 Å². The Morgan fingerprint density at radius 1 is 1.60 bits per heavy atom. The van der Waals surface area contributed by atoms with Crippen LogP contribution in [-0.2, 0) is 25.8 Å². The van der Waals surface area contributed by atoms with Crippen LogP contribution in [0.25, 0.3) is 0 Å². The Balaban J connectivity index is 2.19. The second-order valence-electron chi connectivity index (χ2n) is 1.21. The molecule has 0 unspecified atom stereocenters. The summed E-state index contributed by atoms with van der Waals surface area (Å²) in [5.74, 6) is 0. The van der Waals surface area contributed by atoms with Gasteiger partial charge in [0.1, 0.15) is 0 Å². The van der Waals surface area contributed by atoms with Crippen molar-refractivity contribution in [2.45, 2.75) is 23.7 Å². The van der Waals surface area contributed by atoms with Gasteiger partial charge in [0.15, 0.2) is 0 Å². The molecule has 5 heavy (non-hydrogen) atoms. The van der Waals surface area contributed by atoms with Gasteiger partial charge in [-0.15, -0.1) is 0 Å². The fraction of sp³-hybridized carbons (Fsp3) is 1.00. The Labute approximate surface area is 49.6 Å². The van der Waals surface area contributed by atoms with Crippen LogP contribution >= 0.6 is 0 Å². The molecule has 0 fully saturated rings. The molecule has 0 aromatic heterocycles. The first-order chi connectivity index (χ1) is 2.41. The third-order valence-corrected chi connectivity index (χ3v) is 2.03. The van der Waals surface area contributed by atoms with E-state index in [2.05, 4.69) is 6.92 Å². The Morgan fingerprint density at radius 3 is 2.20 bits per heavy atom. The molecule has 0 heterocycles. The van der Waals surface area contributed by atoms with E-state index in [9.17, 15) is 0 Å². The van der Waals surface area contributed by atoms with E-state index in [1.54, 1.807) is 0 Å². The molecule has 0 aromatic rings. The zero-order valence-electron chi connectivity index (χ0n) is 3.83. The summed E-state index contributed by atoms with van der Waals surface area (Å²) < 4.78 is 1.51. The van der Waals surface area contributed by atoms with E-state index in [1.807, 2.05) is 0 Å². The first-order valence-electron chi connectivity index (χ1n) is 2.21. The summed E-state index contributed by atoms with van der Waals surface area (Å²) in [6.45, 7) is 2.24. The van der Waals surface area contributed by atoms with Gasteiger partial charge in [0, 0.05) is 0 Å². The molecule has 0 N–H and O–H groups in total. The third-order valence-electron chi connectivity index (χ3n) is 0.604. The predicted octanol–water partition coefficient (Wildman–Crippen LogP) is 1.75. The van der Waals surface area contributed by atoms with Crippen LogP contribution in [0.5, 0.6) is 0 Å². The zero-order valence-corrected chi connectivity index (χ0v) is 7.86. The standard InChI is InChI=1S/C4H9.Cd/c1-3-4-2;/h1,3-4H2,2H3;. The fourth-order valence-electron chi connectivity index (χ4n) is 0.250. The Bertz CT molecular complexity index is 11.1. The van der Waals surface area contributed by atoms with Crippen LogP contribution in [0.1, 0.15) is 19.8 Å². The van der Waals surface area contributed by atoms with Crippen molar-refractivity contribution < 1.29 is 25.8 Å². The molecule has 0 saturated carbocycles. The fourth-order valence-corrected chi connectivity index (χ4v) is 1.68. The quantitative estimate of drug-likeness (QED) is 0.553. The second kappa shape index (κ2) is 4.92. The van der Waals surface area contributed by atoms with E-state index in [0.29, 0.717) is 0 Å². The van der Waals surface area contributed by atoms with E-state index in [-0.39, 0.29) is 0 Å². The molecular weight excluding hydrogens is 160 g/mol. The Kier molecular flexibility index (Phi) is 5.83. The topological polar surface area (TPSA) is 0 Å². The molecule has 0 saturated heterocycles. The summed E-state index contributed by atoms with van der Waals surface area (Å²) >= 11 is 1.22. The molecule has 0 aliphatic carbocycles. The van der Waals surface area contributed by atoms with E-state index < -0.39 is 0 Å². The first kappa shape index (κ1) is 5.92. The average Bonchev–Trinajstić information content (AvgIpc) is 1.41. The molecule has 0 aliphatic heterocycles. The van der Waals surface area contributed by atoms with E-state index in [0.717, 1.165) is 0 Å². The molecule has 1 heteroatoms. The average molecular weight is 170 g/mol. The zero-order chi connectivity index (χ0) is 4.12. The summed E-state index contributed by atoms with van der Waals surface area (Å²) in [7, 11) is 0. The molecule has 0 aromatic carbocycles. The SMILES string of the molecule is CCC[CH2][Cd]. The van der Waals surface area contributed by atoms with Crippen molar-refractivity contribution in [3.8, 4) is 0 Å². The van der Waals surface area contributed by atoms with E-state index in [4.69, 9.17) is 0 Å². The van der Waals surface area contributed by atoms with Crippen LogP contribution in [-0.4, -0.2) is 0 Å². The van der Waals surface area contributed by atoms with Gasteiger partial charge in [-0.05, 0) is 0 Å². The summed E-state index contributed by atoms with van der Waals surface area (Å²) in [5.41, 5.74) is 0. The number of hydrogen-bond acceptors (Lipinski definition) is 0. The molecule has 0 nitrogen and oxygen atoms in total. The van der Waals surface area contributed by atoms with Gasteiger partial charge in [-0.1, -0.05) is 0 Å². The van der Waals surface area contributed by atoms with Gasteiger partial charge in [-0.25, -0.2) is 0 Å². The van der Waals surface area contributed by atoms with Crippen molar-refractivity contribution in [1.82, 2.24) is 0 Å². The molecule has 0 aliphatic rings. The molecule has 0 spiro atoms. The predicted molar refractivity (Wildman–Crippen MR) is 19.7 cm³/mol. The summed E-state index contributed by atoms with van der Waals surface area (Å²) in [5, 5.41) is 0. The second-order valence-corrected chi connectivity index (χ2v) is 3.23. The molecule has 27 valence electrons. The number of rotatable bonds is 2. The monoisotopic (exact) mass is 171 g/mol. The summed E-state index contributed by atoms with van der Waals surface area (Å²) in [6, 6.07) is 0. The van der Waals surface area contributed by atoms with Crippen LogP contribution in [0.3, 0.4) is 0 Å². The van der Waals surface area contributed by atoms with Gasteiger partial charge in [0.25, 0.3) is 0 Å². The first-order valence-corrected chi connectivity index (χ1v) is 5.06. The van der Waals surface area contributed by atoms with Crippen LogP contribution in [0.15, 0.2) is 0 Å². The molecule has 0 bridgehead atoms. The number of unbranched alkanes of at least 4 members (excludes halogenated alkanes) is 1. The molecule has 0 amide bonds. The summed E-state index contributed by atoms with van der Waals surface area (Å²) in [6.07, 6.45) is 2.85. The van der Waals surface area contributed by atoms with Crippen LogP contribution in [0.4, 0.5) is 0 Å². The molecular formula is C4H9Cd. The van der Waals surface area contributed by atoms with E-state index >= 15 is 0 Å². The van der Waals surface area contributed by atoms with Crippen LogP contribution < -0.4 is 0 Å². The van der Waals surface area contributed by atoms with Crippen LogP contribution in [0.2, 0.25) is 3.98 Å².